The Hall–Kier alpha value is 0.269. The molecule has 12 heavy (non-hydrogen) atoms. The molecule has 0 atom stereocenters. The molecular weight excluding hydrogens is 216 g/mol. The minimum atomic E-state index is -7.61. The van der Waals surface area contributed by atoms with Crippen molar-refractivity contribution >= 4 is 8.80 Å². The first kappa shape index (κ1) is 12.3. The summed E-state index contributed by atoms with van der Waals surface area (Å²) in [5.74, 6) is 0. The topological polar surface area (TPSA) is 74.6 Å². The van der Waals surface area contributed by atoms with Crippen LogP contribution in [0.15, 0.2) is 0 Å². The molecule has 0 spiro atoms. The van der Waals surface area contributed by atoms with E-state index in [1.54, 1.807) is 0 Å². The van der Waals surface area contributed by atoms with Crippen molar-refractivity contribution in [3.63, 3.8) is 0 Å². The molecule has 6 heteroatoms. The van der Waals surface area contributed by atoms with Gasteiger partial charge in [0.1, 0.15) is 0 Å². The molecule has 0 aromatic heterocycles. The summed E-state index contributed by atoms with van der Waals surface area (Å²) < 4.78 is 44.5. The average Bonchev–Trinajstić information content (AvgIpc) is 1.90. The third kappa shape index (κ3) is 1.95. The van der Waals surface area contributed by atoms with Crippen molar-refractivity contribution in [2.24, 2.45) is 0 Å². The van der Waals surface area contributed by atoms with Gasteiger partial charge in [-0.25, -0.2) is 0 Å². The summed E-state index contributed by atoms with van der Waals surface area (Å²) in [6, 6.07) is 0. The van der Waals surface area contributed by atoms with E-state index in [4.69, 9.17) is 0 Å². The Morgan fingerprint density at radius 1 is 1.00 bits per heavy atom. The third-order valence-corrected chi connectivity index (χ3v) is 21.9. The molecule has 0 unspecified atom stereocenters. The van der Waals surface area contributed by atoms with Crippen molar-refractivity contribution in [3.8, 4) is 0 Å². The van der Waals surface area contributed by atoms with Gasteiger partial charge in [-0.05, 0) is 0 Å². The van der Waals surface area contributed by atoms with Gasteiger partial charge in [0.2, 0.25) is 0 Å². The van der Waals surface area contributed by atoms with Gasteiger partial charge in [0, 0.05) is 0 Å². The third-order valence-electron chi connectivity index (χ3n) is 3.57. The molecule has 0 aromatic carbocycles. The molecule has 0 amide bonds. The van der Waals surface area contributed by atoms with E-state index in [9.17, 15) is 15.9 Å². The maximum atomic E-state index is 12.3. The summed E-state index contributed by atoms with van der Waals surface area (Å²) in [6.45, 7) is 3.85. The van der Waals surface area contributed by atoms with Crippen LogP contribution in [0.5, 0.6) is 0 Å². The summed E-state index contributed by atoms with van der Waals surface area (Å²) in [4.78, 5) is 0. The van der Waals surface area contributed by atoms with E-state index in [0.717, 1.165) is 0 Å². The molecule has 0 saturated carbocycles. The summed E-state index contributed by atoms with van der Waals surface area (Å²) in [5.41, 5.74) is 0. The fourth-order valence-electron chi connectivity index (χ4n) is 0.612. The summed E-state index contributed by atoms with van der Waals surface area (Å²) in [7, 11) is -8.25. The standard InChI is InChI=1S/3C2H5.Cr.2H2O.2O.H3Si/c3*1-2;;;;;;/h3*1H2,2H3;;2*1H2;;;1H3/q;;;+2;;;;;/p-2. The second kappa shape index (κ2) is 1.22. The van der Waals surface area contributed by atoms with Crippen LogP contribution in [0.1, 0.15) is 20.8 Å². The molecule has 0 fully saturated rings. The van der Waals surface area contributed by atoms with Crippen LogP contribution < -0.4 is 0 Å². The van der Waals surface area contributed by atoms with Crippen LogP contribution in [-0.4, -0.2) is 17.1 Å². The van der Waals surface area contributed by atoms with Gasteiger partial charge >= 0.3 is 70.0 Å². The Labute approximate surface area is 70.4 Å². The van der Waals surface area contributed by atoms with Gasteiger partial charge in [-0.3, -0.25) is 0 Å². The van der Waals surface area contributed by atoms with Crippen molar-refractivity contribution in [1.82, 2.24) is 0 Å². The van der Waals surface area contributed by atoms with E-state index in [2.05, 4.69) is 0 Å². The minimum absolute atomic E-state index is 0.607. The van der Waals surface area contributed by atoms with Crippen molar-refractivity contribution < 1.29 is 24.6 Å². The molecule has 0 aliphatic heterocycles. The molecule has 0 bridgehead atoms. The van der Waals surface area contributed by atoms with Crippen molar-refractivity contribution in [2.75, 3.05) is 0 Å². The number of rotatable bonds is 3. The molecular formula is C6H20CrO4Si. The van der Waals surface area contributed by atoms with Gasteiger partial charge in [0.25, 0.3) is 0 Å². The molecule has 0 heterocycles. The van der Waals surface area contributed by atoms with Gasteiger partial charge in [0.15, 0.2) is 0 Å². The molecule has 0 rings (SSSR count). The Morgan fingerprint density at radius 2 is 1.17 bits per heavy atom. The summed E-state index contributed by atoms with van der Waals surface area (Å²) >= 11 is 0. The molecule has 4 nitrogen and oxygen atoms in total. The van der Waals surface area contributed by atoms with E-state index < -0.39 is 33.3 Å². The fraction of sp³-hybridized carbons (Fsp3) is 1.00. The zero-order valence-corrected chi connectivity index (χ0v) is 11.5. The van der Waals surface area contributed by atoms with Crippen LogP contribution in [0.25, 0.3) is 0 Å². The van der Waals surface area contributed by atoms with E-state index in [1.165, 1.54) is 20.8 Å². The second-order valence-electron chi connectivity index (χ2n) is 4.97. The van der Waals surface area contributed by atoms with E-state index in [0.29, 0.717) is 0 Å². The van der Waals surface area contributed by atoms with Crippen LogP contribution in [0.2, 0.25) is 15.8 Å². The van der Waals surface area contributed by atoms with Gasteiger partial charge in [-0.2, -0.15) is 0 Å². The molecule has 78 valence electrons. The first-order valence-corrected chi connectivity index (χ1v) is 13.6. The zero-order chi connectivity index (χ0) is 10.5. The monoisotopic (exact) mass is 236 g/mol. The van der Waals surface area contributed by atoms with Crippen molar-refractivity contribution in [1.29, 1.82) is 0 Å². The Morgan fingerprint density at radius 3 is 1.17 bits per heavy atom. The van der Waals surface area contributed by atoms with E-state index in [-0.39, 0.29) is 0 Å². The number of hydrogen-bond donors (Lipinski definition) is 2. The quantitative estimate of drug-likeness (QED) is 0.695. The van der Waals surface area contributed by atoms with Crippen LogP contribution >= 0.6 is 0 Å². The SMILES string of the molecule is C[CH2][Cr](=[O])(=[O])([OH])([OH])([SiH3])([CH2]C)[CH2]C. The molecule has 0 aromatic rings. The van der Waals surface area contributed by atoms with Crippen molar-refractivity contribution in [3.05, 3.63) is 0 Å². The zero-order valence-electron chi connectivity index (χ0n) is 8.24. The predicted octanol–water partition coefficient (Wildman–Crippen LogP) is 0.384. The van der Waals surface area contributed by atoms with Crippen LogP contribution in [-0.2, 0) is 16.3 Å². The van der Waals surface area contributed by atoms with Crippen LogP contribution in [0.3, 0.4) is 0 Å². The summed E-state index contributed by atoms with van der Waals surface area (Å²) in [6.07, 6.45) is 0. The Balaban J connectivity index is 6.64. The molecule has 0 aliphatic rings. The molecule has 2 N–H and O–H groups in total. The maximum absolute atomic E-state index is 12.3. The normalized spacial score (nSPS) is 26.4. The van der Waals surface area contributed by atoms with Gasteiger partial charge in [-0.1, -0.05) is 0 Å². The number of hydrogen-bond acceptors (Lipinski definition) is 2. The first-order chi connectivity index (χ1) is 4.64. The van der Waals surface area contributed by atoms with Crippen LogP contribution in [0, 0.1) is 0 Å². The van der Waals surface area contributed by atoms with Crippen molar-refractivity contribution in [2.45, 2.75) is 36.6 Å². The first-order valence-electron chi connectivity index (χ1n) is 4.09. The van der Waals surface area contributed by atoms with Gasteiger partial charge in [-0.15, -0.1) is 0 Å². The molecule has 0 aliphatic carbocycles. The predicted molar refractivity (Wildman–Crippen MR) is 47.2 cm³/mol. The Kier molecular flexibility index (Phi) is 1.24. The van der Waals surface area contributed by atoms with Gasteiger partial charge < -0.3 is 0 Å². The van der Waals surface area contributed by atoms with E-state index >= 15 is 0 Å². The average molecular weight is 236 g/mol. The van der Waals surface area contributed by atoms with Gasteiger partial charge in [0.05, 0.1) is 0 Å². The summed E-state index contributed by atoms with van der Waals surface area (Å²) in [5, 5.41) is -1.82. The molecule has 0 radical (unpaired) electrons. The van der Waals surface area contributed by atoms with E-state index in [1.807, 2.05) is 0 Å². The molecule has 0 saturated heterocycles. The van der Waals surface area contributed by atoms with Crippen LogP contribution in [0.4, 0.5) is 0 Å². The fourth-order valence-corrected chi connectivity index (χ4v) is 2.52. The second-order valence-corrected chi connectivity index (χ2v) is 33.4. The Bertz CT molecular complexity index is 417.